The summed E-state index contributed by atoms with van der Waals surface area (Å²) in [4.78, 5) is 0. The van der Waals surface area contributed by atoms with Gasteiger partial charge in [0.2, 0.25) is 0 Å². The molecule has 0 aliphatic rings. The molecule has 0 aliphatic heterocycles. The zero-order valence-electron chi connectivity index (χ0n) is 9.90. The van der Waals surface area contributed by atoms with Gasteiger partial charge in [-0.25, -0.2) is 0 Å². The van der Waals surface area contributed by atoms with Crippen LogP contribution in [0.4, 0.5) is 18.9 Å². The van der Waals surface area contributed by atoms with E-state index in [-0.39, 0.29) is 6.61 Å². The average molecular weight is 247 g/mol. The fourth-order valence-corrected chi connectivity index (χ4v) is 1.39. The molecule has 0 unspecified atom stereocenters. The Labute approximate surface area is 98.8 Å². The van der Waals surface area contributed by atoms with Crippen LogP contribution in [0.2, 0.25) is 0 Å². The van der Waals surface area contributed by atoms with E-state index in [1.807, 2.05) is 32.0 Å². The van der Waals surface area contributed by atoms with Crippen LogP contribution in [-0.2, 0) is 4.74 Å². The highest BCUT2D eigenvalue weighted by Gasteiger charge is 2.27. The summed E-state index contributed by atoms with van der Waals surface area (Å²) >= 11 is 0. The lowest BCUT2D eigenvalue weighted by atomic mass is 10.1. The van der Waals surface area contributed by atoms with Crippen LogP contribution in [-0.4, -0.2) is 25.9 Å². The van der Waals surface area contributed by atoms with Crippen LogP contribution >= 0.6 is 0 Å². The van der Waals surface area contributed by atoms with Crippen molar-refractivity contribution in [3.63, 3.8) is 0 Å². The molecule has 0 fully saturated rings. The van der Waals surface area contributed by atoms with Crippen molar-refractivity contribution >= 4 is 5.69 Å². The molecular formula is C12H16F3NO. The van der Waals surface area contributed by atoms with Gasteiger partial charge in [-0.2, -0.15) is 13.2 Å². The van der Waals surface area contributed by atoms with Crippen molar-refractivity contribution in [1.82, 2.24) is 0 Å². The zero-order valence-corrected chi connectivity index (χ0v) is 9.90. The first-order chi connectivity index (χ1) is 7.90. The summed E-state index contributed by atoms with van der Waals surface area (Å²) in [6, 6.07) is 5.79. The third-order valence-corrected chi connectivity index (χ3v) is 2.43. The van der Waals surface area contributed by atoms with Crippen LogP contribution in [0, 0.1) is 13.8 Å². The number of aryl methyl sites for hydroxylation is 1. The number of ether oxygens (including phenoxy) is 1. The molecule has 0 aromatic heterocycles. The molecule has 0 saturated heterocycles. The fourth-order valence-electron chi connectivity index (χ4n) is 1.39. The molecule has 0 radical (unpaired) electrons. The Bertz CT molecular complexity index is 363. The van der Waals surface area contributed by atoms with Crippen LogP contribution in [0.3, 0.4) is 0 Å². The Hall–Kier alpha value is -1.23. The molecule has 1 aromatic carbocycles. The first kappa shape index (κ1) is 13.8. The Morgan fingerprint density at radius 2 is 1.94 bits per heavy atom. The lowest BCUT2D eigenvalue weighted by molar-refractivity contribution is -0.172. The number of rotatable bonds is 5. The number of halogens is 3. The van der Waals surface area contributed by atoms with Crippen molar-refractivity contribution in [1.29, 1.82) is 0 Å². The number of benzene rings is 1. The molecular weight excluding hydrogens is 231 g/mol. The van der Waals surface area contributed by atoms with Crippen LogP contribution in [0.25, 0.3) is 0 Å². The first-order valence-electron chi connectivity index (χ1n) is 5.35. The van der Waals surface area contributed by atoms with Crippen LogP contribution < -0.4 is 5.32 Å². The number of hydrogen-bond acceptors (Lipinski definition) is 2. The van der Waals surface area contributed by atoms with E-state index < -0.39 is 12.8 Å². The van der Waals surface area contributed by atoms with Gasteiger partial charge in [0.15, 0.2) is 0 Å². The predicted octanol–water partition coefficient (Wildman–Crippen LogP) is 3.29. The highest BCUT2D eigenvalue weighted by molar-refractivity contribution is 5.53. The van der Waals surface area contributed by atoms with Gasteiger partial charge in [-0.1, -0.05) is 12.1 Å². The van der Waals surface area contributed by atoms with Gasteiger partial charge >= 0.3 is 6.18 Å². The maximum Gasteiger partial charge on any atom is 0.411 e. The molecule has 0 saturated carbocycles. The fraction of sp³-hybridized carbons (Fsp3) is 0.500. The van der Waals surface area contributed by atoms with E-state index in [2.05, 4.69) is 10.1 Å². The van der Waals surface area contributed by atoms with E-state index in [1.165, 1.54) is 0 Å². The zero-order chi connectivity index (χ0) is 12.9. The normalized spacial score (nSPS) is 11.6. The summed E-state index contributed by atoms with van der Waals surface area (Å²) < 4.78 is 39.8. The van der Waals surface area contributed by atoms with Crippen molar-refractivity contribution in [2.75, 3.05) is 25.1 Å². The van der Waals surface area contributed by atoms with Crippen molar-refractivity contribution in [3.8, 4) is 0 Å². The third-order valence-electron chi connectivity index (χ3n) is 2.43. The molecule has 0 atom stereocenters. The van der Waals surface area contributed by atoms with Gasteiger partial charge in [-0.3, -0.25) is 0 Å². The van der Waals surface area contributed by atoms with Gasteiger partial charge in [0.05, 0.1) is 6.61 Å². The van der Waals surface area contributed by atoms with Crippen LogP contribution in [0.5, 0.6) is 0 Å². The van der Waals surface area contributed by atoms with Gasteiger partial charge in [0, 0.05) is 12.2 Å². The van der Waals surface area contributed by atoms with Gasteiger partial charge < -0.3 is 10.1 Å². The number of alkyl halides is 3. The smallest absolute Gasteiger partial charge is 0.383 e. The number of hydrogen-bond donors (Lipinski definition) is 1. The van der Waals surface area contributed by atoms with Crippen molar-refractivity contribution < 1.29 is 17.9 Å². The Morgan fingerprint density at radius 3 is 2.59 bits per heavy atom. The maximum atomic E-state index is 11.8. The summed E-state index contributed by atoms with van der Waals surface area (Å²) in [7, 11) is 0. The van der Waals surface area contributed by atoms with Crippen LogP contribution in [0.15, 0.2) is 18.2 Å². The molecule has 96 valence electrons. The molecule has 0 heterocycles. The SMILES string of the molecule is Cc1cccc(NCCOCC(F)(F)F)c1C. The van der Waals surface area contributed by atoms with Crippen molar-refractivity contribution in [2.24, 2.45) is 0 Å². The second kappa shape index (κ2) is 5.91. The highest BCUT2D eigenvalue weighted by Crippen LogP contribution is 2.17. The van der Waals surface area contributed by atoms with E-state index in [0.29, 0.717) is 6.54 Å². The first-order valence-corrected chi connectivity index (χ1v) is 5.35. The predicted molar refractivity (Wildman–Crippen MR) is 61.3 cm³/mol. The Kier molecular flexibility index (Phi) is 4.81. The largest absolute Gasteiger partial charge is 0.411 e. The van der Waals surface area contributed by atoms with E-state index in [9.17, 15) is 13.2 Å². The lowest BCUT2D eigenvalue weighted by Crippen LogP contribution is -2.20. The second-order valence-electron chi connectivity index (χ2n) is 3.84. The van der Waals surface area contributed by atoms with Gasteiger partial charge in [0.25, 0.3) is 0 Å². The summed E-state index contributed by atoms with van der Waals surface area (Å²) in [5, 5.41) is 3.05. The number of nitrogens with one attached hydrogen (secondary N) is 1. The summed E-state index contributed by atoms with van der Waals surface area (Å²) in [6.07, 6.45) is -4.25. The van der Waals surface area contributed by atoms with E-state index in [4.69, 9.17) is 0 Å². The summed E-state index contributed by atoms with van der Waals surface area (Å²) in [5.74, 6) is 0. The van der Waals surface area contributed by atoms with Crippen molar-refractivity contribution in [3.05, 3.63) is 29.3 Å². The van der Waals surface area contributed by atoms with Gasteiger partial charge in [0.1, 0.15) is 6.61 Å². The topological polar surface area (TPSA) is 21.3 Å². The molecule has 0 amide bonds. The van der Waals surface area contributed by atoms with E-state index in [0.717, 1.165) is 16.8 Å². The summed E-state index contributed by atoms with van der Waals surface area (Å²) in [6.45, 7) is 3.16. The maximum absolute atomic E-state index is 11.8. The molecule has 0 spiro atoms. The van der Waals surface area contributed by atoms with Crippen LogP contribution in [0.1, 0.15) is 11.1 Å². The minimum atomic E-state index is -4.25. The van der Waals surface area contributed by atoms with E-state index >= 15 is 0 Å². The molecule has 2 nitrogen and oxygen atoms in total. The minimum absolute atomic E-state index is 0.0346. The molecule has 17 heavy (non-hydrogen) atoms. The lowest BCUT2D eigenvalue weighted by Gasteiger charge is -2.12. The van der Waals surface area contributed by atoms with Gasteiger partial charge in [-0.05, 0) is 31.0 Å². The highest BCUT2D eigenvalue weighted by atomic mass is 19.4. The van der Waals surface area contributed by atoms with Crippen molar-refractivity contribution in [2.45, 2.75) is 20.0 Å². The molecule has 1 rings (SSSR count). The average Bonchev–Trinajstić information content (AvgIpc) is 2.22. The molecule has 1 aromatic rings. The standard InChI is InChI=1S/C12H16F3NO/c1-9-4-3-5-11(10(9)2)16-6-7-17-8-12(13,14)15/h3-5,16H,6-8H2,1-2H3. The molecule has 0 aliphatic carbocycles. The van der Waals surface area contributed by atoms with E-state index in [1.54, 1.807) is 0 Å². The third kappa shape index (κ3) is 5.08. The minimum Gasteiger partial charge on any atom is -0.383 e. The molecule has 1 N–H and O–H groups in total. The van der Waals surface area contributed by atoms with Gasteiger partial charge in [-0.15, -0.1) is 0 Å². The Balaban J connectivity index is 2.29. The molecule has 5 heteroatoms. The Morgan fingerprint density at radius 1 is 1.24 bits per heavy atom. The quantitative estimate of drug-likeness (QED) is 0.806. The molecule has 0 bridgehead atoms. The number of anilines is 1. The second-order valence-corrected chi connectivity index (χ2v) is 3.84. The summed E-state index contributed by atoms with van der Waals surface area (Å²) in [5.41, 5.74) is 3.18. The monoisotopic (exact) mass is 247 g/mol.